The third-order valence-electron chi connectivity index (χ3n) is 5.05. The van der Waals surface area contributed by atoms with E-state index in [0.717, 1.165) is 0 Å². The summed E-state index contributed by atoms with van der Waals surface area (Å²) in [7, 11) is 4.64. The zero-order valence-electron chi connectivity index (χ0n) is 16.0. The maximum atomic E-state index is 6.30. The predicted molar refractivity (Wildman–Crippen MR) is 91.2 cm³/mol. The number of rotatable bonds is 7. The summed E-state index contributed by atoms with van der Waals surface area (Å²) in [5, 5.41) is 0.139. The van der Waals surface area contributed by atoms with Crippen molar-refractivity contribution < 1.29 is 28.1 Å². The first kappa shape index (κ1) is 21.0. The Morgan fingerprint density at radius 3 is 1.74 bits per heavy atom. The fourth-order valence-electron chi connectivity index (χ4n) is 2.51. The Labute approximate surface area is 141 Å². The zero-order chi connectivity index (χ0) is 17.8. The molecule has 0 aromatic heterocycles. The molecule has 0 unspecified atom stereocenters. The number of hydrogen-bond acceptors (Lipinski definition) is 6. The number of hydrogen-bond donors (Lipinski definition) is 0. The van der Waals surface area contributed by atoms with Crippen molar-refractivity contribution in [1.82, 2.24) is 0 Å². The molecule has 1 fully saturated rings. The molecular weight excluding hydrogens is 316 g/mol. The summed E-state index contributed by atoms with van der Waals surface area (Å²) in [6.45, 7) is 11.5. The molecule has 0 radical (unpaired) electrons. The van der Waals surface area contributed by atoms with Crippen molar-refractivity contribution in [2.24, 2.45) is 0 Å². The van der Waals surface area contributed by atoms with Crippen LogP contribution in [-0.4, -0.2) is 74.1 Å². The molecule has 0 amide bonds. The fourth-order valence-corrected chi connectivity index (χ4v) is 3.52. The molecule has 1 aliphatic heterocycles. The van der Waals surface area contributed by atoms with Gasteiger partial charge in [0.05, 0.1) is 6.61 Å². The van der Waals surface area contributed by atoms with E-state index in [1.54, 1.807) is 28.4 Å². The van der Waals surface area contributed by atoms with E-state index in [1.807, 2.05) is 0 Å². The van der Waals surface area contributed by atoms with E-state index in [-0.39, 0.29) is 29.5 Å². The molecule has 1 saturated heterocycles. The average molecular weight is 351 g/mol. The van der Waals surface area contributed by atoms with Crippen LogP contribution in [0.25, 0.3) is 0 Å². The van der Waals surface area contributed by atoms with Crippen LogP contribution in [0.5, 0.6) is 0 Å². The quantitative estimate of drug-likeness (QED) is 0.657. The highest BCUT2D eigenvalue weighted by Gasteiger charge is 2.48. The van der Waals surface area contributed by atoms with Gasteiger partial charge in [-0.25, -0.2) is 0 Å². The second-order valence-electron chi connectivity index (χ2n) is 7.45. The fraction of sp³-hybridized carbons (Fsp3) is 1.00. The summed E-state index contributed by atoms with van der Waals surface area (Å²) in [6.07, 6.45) is -1.68. The van der Waals surface area contributed by atoms with Gasteiger partial charge in [-0.15, -0.1) is 0 Å². The minimum atomic E-state index is -1.87. The van der Waals surface area contributed by atoms with E-state index in [9.17, 15) is 0 Å². The highest BCUT2D eigenvalue weighted by atomic mass is 28.4. The van der Waals surface area contributed by atoms with Gasteiger partial charge >= 0.3 is 0 Å². The minimum absolute atomic E-state index is 0.139. The predicted octanol–water partition coefficient (Wildman–Crippen LogP) is 2.42. The van der Waals surface area contributed by atoms with Crippen LogP contribution in [0.4, 0.5) is 0 Å². The average Bonchev–Trinajstić information content (AvgIpc) is 2.49. The Balaban J connectivity index is 2.88. The summed E-state index contributed by atoms with van der Waals surface area (Å²) in [5.74, 6) is 0. The lowest BCUT2D eigenvalue weighted by Gasteiger charge is -2.45. The Morgan fingerprint density at radius 2 is 1.35 bits per heavy atom. The van der Waals surface area contributed by atoms with Crippen molar-refractivity contribution in [2.75, 3.05) is 35.0 Å². The van der Waals surface area contributed by atoms with Crippen molar-refractivity contribution in [3.8, 4) is 0 Å². The van der Waals surface area contributed by atoms with Gasteiger partial charge in [0.15, 0.2) is 14.6 Å². The lowest BCUT2D eigenvalue weighted by molar-refractivity contribution is -0.305. The molecule has 23 heavy (non-hydrogen) atoms. The lowest BCUT2D eigenvalue weighted by Crippen LogP contribution is -2.61. The molecule has 1 heterocycles. The van der Waals surface area contributed by atoms with E-state index in [1.165, 1.54) is 0 Å². The van der Waals surface area contributed by atoms with Crippen LogP contribution < -0.4 is 0 Å². The Kier molecular flexibility index (Phi) is 7.66. The summed E-state index contributed by atoms with van der Waals surface area (Å²) < 4.78 is 34.5. The standard InChI is InChI=1S/C16H34O6Si/c1-16(2,3)23(8,9)21-10-11-12(17-4)13(18-5)14(19-6)15(20-7)22-11/h11-15H,10H2,1-9H3/t11-,12-,13+,14-,15+/m1/s1. The monoisotopic (exact) mass is 350 g/mol. The van der Waals surface area contributed by atoms with Crippen molar-refractivity contribution in [1.29, 1.82) is 0 Å². The third kappa shape index (κ3) is 4.75. The van der Waals surface area contributed by atoms with Gasteiger partial charge in [-0.05, 0) is 18.1 Å². The molecule has 0 N–H and O–H groups in total. The molecule has 7 heteroatoms. The Bertz CT molecular complexity index is 357. The first-order valence-electron chi connectivity index (χ1n) is 8.03. The second kappa shape index (κ2) is 8.38. The molecule has 0 aromatic carbocycles. The Morgan fingerprint density at radius 1 is 0.826 bits per heavy atom. The minimum Gasteiger partial charge on any atom is -0.414 e. The largest absolute Gasteiger partial charge is 0.414 e. The van der Waals surface area contributed by atoms with Gasteiger partial charge in [-0.2, -0.15) is 0 Å². The van der Waals surface area contributed by atoms with Crippen LogP contribution in [0.2, 0.25) is 18.1 Å². The molecule has 0 aliphatic carbocycles. The maximum Gasteiger partial charge on any atom is 0.192 e. The zero-order valence-corrected chi connectivity index (χ0v) is 17.0. The molecule has 0 aromatic rings. The smallest absolute Gasteiger partial charge is 0.192 e. The van der Waals surface area contributed by atoms with Gasteiger partial charge < -0.3 is 28.1 Å². The van der Waals surface area contributed by atoms with E-state index >= 15 is 0 Å². The van der Waals surface area contributed by atoms with Gasteiger partial charge in [-0.3, -0.25) is 0 Å². The highest BCUT2D eigenvalue weighted by molar-refractivity contribution is 6.74. The maximum absolute atomic E-state index is 6.30. The first-order chi connectivity index (χ1) is 10.6. The van der Waals surface area contributed by atoms with Crippen LogP contribution in [-0.2, 0) is 28.1 Å². The molecule has 1 aliphatic rings. The molecule has 0 saturated carbocycles. The van der Waals surface area contributed by atoms with Crippen LogP contribution >= 0.6 is 0 Å². The molecule has 6 nitrogen and oxygen atoms in total. The molecule has 138 valence electrons. The number of methoxy groups -OCH3 is 4. The lowest BCUT2D eigenvalue weighted by atomic mass is 9.98. The van der Waals surface area contributed by atoms with Gasteiger partial charge in [0.2, 0.25) is 0 Å². The molecule has 1 rings (SSSR count). The van der Waals surface area contributed by atoms with Crippen LogP contribution in [0.1, 0.15) is 20.8 Å². The van der Waals surface area contributed by atoms with Crippen LogP contribution in [0.3, 0.4) is 0 Å². The van der Waals surface area contributed by atoms with Gasteiger partial charge in [0.25, 0.3) is 0 Å². The van der Waals surface area contributed by atoms with Gasteiger partial charge in [0, 0.05) is 28.4 Å². The summed E-state index contributed by atoms with van der Waals surface area (Å²) in [5.41, 5.74) is 0. The molecule has 0 spiro atoms. The molecule has 5 atom stereocenters. The van der Waals surface area contributed by atoms with Gasteiger partial charge in [-0.1, -0.05) is 20.8 Å². The highest BCUT2D eigenvalue weighted by Crippen LogP contribution is 2.37. The topological polar surface area (TPSA) is 55.4 Å². The van der Waals surface area contributed by atoms with Crippen molar-refractivity contribution >= 4 is 8.32 Å². The summed E-state index contributed by atoms with van der Waals surface area (Å²) >= 11 is 0. The van der Waals surface area contributed by atoms with Crippen LogP contribution in [0, 0.1) is 0 Å². The molecular formula is C16H34O6Si. The van der Waals surface area contributed by atoms with Gasteiger partial charge in [0.1, 0.15) is 24.4 Å². The first-order valence-corrected chi connectivity index (χ1v) is 10.9. The molecule has 0 bridgehead atoms. The van der Waals surface area contributed by atoms with Crippen molar-refractivity contribution in [3.05, 3.63) is 0 Å². The van der Waals surface area contributed by atoms with E-state index in [4.69, 9.17) is 28.1 Å². The van der Waals surface area contributed by atoms with Crippen LogP contribution in [0.15, 0.2) is 0 Å². The normalized spacial score (nSPS) is 33.0. The summed E-state index contributed by atoms with van der Waals surface area (Å²) in [4.78, 5) is 0. The van der Waals surface area contributed by atoms with E-state index in [2.05, 4.69) is 33.9 Å². The van der Waals surface area contributed by atoms with E-state index in [0.29, 0.717) is 6.61 Å². The Hall–Kier alpha value is -0.0231. The van der Waals surface area contributed by atoms with E-state index < -0.39 is 14.6 Å². The van der Waals surface area contributed by atoms with Crippen molar-refractivity contribution in [3.63, 3.8) is 0 Å². The SMILES string of the molecule is CO[C@H]1O[C@H](CO[Si](C)(C)C(C)(C)C)[C@@H](OC)[C@H](OC)[C@H]1OC. The number of ether oxygens (including phenoxy) is 5. The third-order valence-corrected chi connectivity index (χ3v) is 9.56. The van der Waals surface area contributed by atoms with Crippen molar-refractivity contribution in [2.45, 2.75) is 69.6 Å². The second-order valence-corrected chi connectivity index (χ2v) is 12.3. The summed E-state index contributed by atoms with van der Waals surface area (Å²) in [6, 6.07) is 0.